The largest absolute Gasteiger partial charge is 0.496 e. The van der Waals surface area contributed by atoms with Crippen LogP contribution in [-0.4, -0.2) is 32.7 Å². The fraction of sp³-hybridized carbons (Fsp3) is 0.462. The van der Waals surface area contributed by atoms with E-state index in [2.05, 4.69) is 10.6 Å². The molecule has 17 heavy (non-hydrogen) atoms. The van der Waals surface area contributed by atoms with Crippen LogP contribution < -0.4 is 15.4 Å². The maximum atomic E-state index is 11.9. The fourth-order valence-electron chi connectivity index (χ4n) is 1.54. The average molecular weight is 236 g/mol. The Morgan fingerprint density at radius 1 is 1.35 bits per heavy atom. The van der Waals surface area contributed by atoms with Crippen molar-refractivity contribution in [2.24, 2.45) is 0 Å². The van der Waals surface area contributed by atoms with E-state index in [0.29, 0.717) is 17.9 Å². The molecule has 4 nitrogen and oxygen atoms in total. The number of hydrogen-bond donors (Lipinski definition) is 2. The number of carbonyl (C=O) groups excluding carboxylic acids is 1. The Kier molecular flexibility index (Phi) is 5.49. The van der Waals surface area contributed by atoms with Crippen LogP contribution in [0.2, 0.25) is 0 Å². The number of amides is 1. The lowest BCUT2D eigenvalue weighted by Gasteiger charge is -2.10. The molecule has 4 heteroatoms. The lowest BCUT2D eigenvalue weighted by molar-refractivity contribution is 0.0951. The van der Waals surface area contributed by atoms with Crippen molar-refractivity contribution in [3.63, 3.8) is 0 Å². The average Bonchev–Trinajstić information content (AvgIpc) is 2.34. The van der Waals surface area contributed by atoms with Gasteiger partial charge in [0, 0.05) is 13.1 Å². The molecule has 1 aromatic carbocycles. The first kappa shape index (κ1) is 13.5. The van der Waals surface area contributed by atoms with Gasteiger partial charge < -0.3 is 15.4 Å². The normalized spacial score (nSPS) is 10.1. The number of carbonyl (C=O) groups is 1. The van der Waals surface area contributed by atoms with E-state index in [1.54, 1.807) is 7.11 Å². The highest BCUT2D eigenvalue weighted by molar-refractivity contribution is 5.97. The quantitative estimate of drug-likeness (QED) is 0.733. The van der Waals surface area contributed by atoms with E-state index >= 15 is 0 Å². The summed E-state index contributed by atoms with van der Waals surface area (Å²) in [6.07, 6.45) is 0. The van der Waals surface area contributed by atoms with Crippen LogP contribution in [0.3, 0.4) is 0 Å². The van der Waals surface area contributed by atoms with Crippen molar-refractivity contribution in [1.29, 1.82) is 0 Å². The Hall–Kier alpha value is -1.55. The topological polar surface area (TPSA) is 50.4 Å². The molecule has 2 N–H and O–H groups in total. The van der Waals surface area contributed by atoms with Gasteiger partial charge in [0.2, 0.25) is 0 Å². The maximum absolute atomic E-state index is 11.9. The number of hydrogen-bond acceptors (Lipinski definition) is 3. The second kappa shape index (κ2) is 6.91. The molecule has 0 radical (unpaired) electrons. The van der Waals surface area contributed by atoms with Gasteiger partial charge in [-0.1, -0.05) is 18.6 Å². The predicted octanol–water partition coefficient (Wildman–Crippen LogP) is 1.34. The highest BCUT2D eigenvalue weighted by Crippen LogP contribution is 2.19. The Labute approximate surface area is 102 Å². The minimum absolute atomic E-state index is 0.0940. The SMILES string of the molecule is CCNCCNC(=O)c1cc(C)ccc1OC. The van der Waals surface area contributed by atoms with Crippen molar-refractivity contribution in [3.05, 3.63) is 29.3 Å². The molecule has 0 unspecified atom stereocenters. The zero-order valence-electron chi connectivity index (χ0n) is 10.7. The lowest BCUT2D eigenvalue weighted by Crippen LogP contribution is -2.31. The van der Waals surface area contributed by atoms with E-state index < -0.39 is 0 Å². The van der Waals surface area contributed by atoms with Gasteiger partial charge in [0.1, 0.15) is 5.75 Å². The Balaban J connectivity index is 2.64. The van der Waals surface area contributed by atoms with Crippen molar-refractivity contribution in [1.82, 2.24) is 10.6 Å². The van der Waals surface area contributed by atoms with Gasteiger partial charge in [-0.05, 0) is 25.6 Å². The van der Waals surface area contributed by atoms with Crippen LogP contribution in [0, 0.1) is 6.92 Å². The first-order chi connectivity index (χ1) is 8.19. The molecular formula is C13H20N2O2. The summed E-state index contributed by atoms with van der Waals surface area (Å²) in [5, 5.41) is 6.00. The highest BCUT2D eigenvalue weighted by Gasteiger charge is 2.11. The molecule has 0 heterocycles. The Morgan fingerprint density at radius 3 is 2.76 bits per heavy atom. The Morgan fingerprint density at radius 2 is 2.12 bits per heavy atom. The third-order valence-electron chi connectivity index (χ3n) is 2.44. The molecule has 0 saturated heterocycles. The first-order valence-corrected chi connectivity index (χ1v) is 5.82. The molecule has 1 rings (SSSR count). The third kappa shape index (κ3) is 4.07. The molecule has 0 spiro atoms. The smallest absolute Gasteiger partial charge is 0.255 e. The van der Waals surface area contributed by atoms with Gasteiger partial charge in [0.05, 0.1) is 12.7 Å². The molecule has 94 valence electrons. The van der Waals surface area contributed by atoms with Gasteiger partial charge in [-0.2, -0.15) is 0 Å². The van der Waals surface area contributed by atoms with E-state index in [1.165, 1.54) is 0 Å². The second-order valence-corrected chi connectivity index (χ2v) is 3.81. The van der Waals surface area contributed by atoms with Crippen LogP contribution in [0.15, 0.2) is 18.2 Å². The summed E-state index contributed by atoms with van der Waals surface area (Å²) in [5.74, 6) is 0.514. The standard InChI is InChI=1S/C13H20N2O2/c1-4-14-7-8-15-13(16)11-9-10(2)5-6-12(11)17-3/h5-6,9,14H,4,7-8H2,1-3H3,(H,15,16). The molecule has 0 atom stereocenters. The monoisotopic (exact) mass is 236 g/mol. The second-order valence-electron chi connectivity index (χ2n) is 3.81. The number of benzene rings is 1. The van der Waals surface area contributed by atoms with Gasteiger partial charge in [-0.3, -0.25) is 4.79 Å². The molecule has 1 aromatic rings. The summed E-state index contributed by atoms with van der Waals surface area (Å²) in [4.78, 5) is 11.9. The zero-order chi connectivity index (χ0) is 12.7. The number of aryl methyl sites for hydroxylation is 1. The minimum Gasteiger partial charge on any atom is -0.496 e. The first-order valence-electron chi connectivity index (χ1n) is 5.82. The number of nitrogens with one attached hydrogen (secondary N) is 2. The molecule has 1 amide bonds. The van der Waals surface area contributed by atoms with Crippen LogP contribution in [-0.2, 0) is 0 Å². The summed E-state index contributed by atoms with van der Waals surface area (Å²) in [6, 6.07) is 5.57. The van der Waals surface area contributed by atoms with E-state index in [4.69, 9.17) is 4.74 Å². The van der Waals surface area contributed by atoms with Gasteiger partial charge >= 0.3 is 0 Å². The van der Waals surface area contributed by atoms with Gasteiger partial charge in [-0.15, -0.1) is 0 Å². The molecule has 0 aliphatic carbocycles. The van der Waals surface area contributed by atoms with Crippen LogP contribution in [0.4, 0.5) is 0 Å². The summed E-state index contributed by atoms with van der Waals surface area (Å²) in [5.41, 5.74) is 1.63. The molecule has 0 aliphatic rings. The summed E-state index contributed by atoms with van der Waals surface area (Å²) >= 11 is 0. The highest BCUT2D eigenvalue weighted by atomic mass is 16.5. The van der Waals surface area contributed by atoms with Crippen molar-refractivity contribution in [2.75, 3.05) is 26.7 Å². The minimum atomic E-state index is -0.0940. The summed E-state index contributed by atoms with van der Waals surface area (Å²) in [7, 11) is 1.57. The predicted molar refractivity (Wildman–Crippen MR) is 68.6 cm³/mol. The third-order valence-corrected chi connectivity index (χ3v) is 2.44. The lowest BCUT2D eigenvalue weighted by atomic mass is 10.1. The van der Waals surface area contributed by atoms with Crippen LogP contribution in [0.25, 0.3) is 0 Å². The van der Waals surface area contributed by atoms with E-state index in [-0.39, 0.29) is 5.91 Å². The molecule has 0 aromatic heterocycles. The number of rotatable bonds is 6. The van der Waals surface area contributed by atoms with Gasteiger partial charge in [0.25, 0.3) is 5.91 Å². The number of likely N-dealkylation sites (N-methyl/N-ethyl adjacent to an activating group) is 1. The van der Waals surface area contributed by atoms with Crippen LogP contribution in [0.1, 0.15) is 22.8 Å². The zero-order valence-corrected chi connectivity index (χ0v) is 10.7. The molecule has 0 aliphatic heterocycles. The van der Waals surface area contributed by atoms with E-state index in [1.807, 2.05) is 32.0 Å². The van der Waals surface area contributed by atoms with Gasteiger partial charge in [-0.25, -0.2) is 0 Å². The summed E-state index contributed by atoms with van der Waals surface area (Å²) in [6.45, 7) is 6.28. The maximum Gasteiger partial charge on any atom is 0.255 e. The van der Waals surface area contributed by atoms with Crippen molar-refractivity contribution >= 4 is 5.91 Å². The van der Waals surface area contributed by atoms with Gasteiger partial charge in [0.15, 0.2) is 0 Å². The molecule has 0 fully saturated rings. The van der Waals surface area contributed by atoms with Crippen molar-refractivity contribution in [2.45, 2.75) is 13.8 Å². The number of ether oxygens (including phenoxy) is 1. The van der Waals surface area contributed by atoms with Crippen molar-refractivity contribution < 1.29 is 9.53 Å². The number of methoxy groups -OCH3 is 1. The van der Waals surface area contributed by atoms with Crippen LogP contribution in [0.5, 0.6) is 5.75 Å². The molecular weight excluding hydrogens is 216 g/mol. The fourth-order valence-corrected chi connectivity index (χ4v) is 1.54. The van der Waals surface area contributed by atoms with E-state index in [0.717, 1.165) is 18.7 Å². The molecule has 0 bridgehead atoms. The van der Waals surface area contributed by atoms with Crippen molar-refractivity contribution in [3.8, 4) is 5.75 Å². The summed E-state index contributed by atoms with van der Waals surface area (Å²) < 4.78 is 5.17. The molecule has 0 saturated carbocycles. The van der Waals surface area contributed by atoms with Crippen LogP contribution >= 0.6 is 0 Å². The van der Waals surface area contributed by atoms with E-state index in [9.17, 15) is 4.79 Å². The Bertz CT molecular complexity index is 378.